The summed E-state index contributed by atoms with van der Waals surface area (Å²) in [6.07, 6.45) is -2.77. The van der Waals surface area contributed by atoms with Gasteiger partial charge in [-0.1, -0.05) is 20.8 Å². The highest BCUT2D eigenvalue weighted by Gasteiger charge is 2.63. The fourth-order valence-corrected chi connectivity index (χ4v) is 4.41. The van der Waals surface area contributed by atoms with Crippen LogP contribution < -0.4 is 10.6 Å². The molecule has 0 unspecified atom stereocenters. The molecule has 1 aliphatic rings. The Morgan fingerprint density at radius 2 is 1.86 bits per heavy atom. The summed E-state index contributed by atoms with van der Waals surface area (Å²) in [5.41, 5.74) is -1.89. The van der Waals surface area contributed by atoms with Gasteiger partial charge in [-0.05, 0) is 19.8 Å². The van der Waals surface area contributed by atoms with E-state index in [1.165, 1.54) is 27.7 Å². The first kappa shape index (κ1) is 24.4. The number of amides is 2. The van der Waals surface area contributed by atoms with Gasteiger partial charge in [-0.15, -0.1) is 11.8 Å². The zero-order chi connectivity index (χ0) is 22.0. The number of ketones is 1. The number of aliphatic hydroxyl groups excluding tert-OH is 2. The summed E-state index contributed by atoms with van der Waals surface area (Å²) in [7, 11) is 0. The smallest absolute Gasteiger partial charge is 0.327 e. The van der Waals surface area contributed by atoms with Gasteiger partial charge in [0.05, 0.1) is 22.9 Å². The average molecular weight is 419 g/mol. The number of carboxylic acids is 1. The minimum absolute atomic E-state index is 0.110. The molecule has 0 aliphatic carbocycles. The lowest BCUT2D eigenvalue weighted by molar-refractivity contribution is -0.141. The lowest BCUT2D eigenvalue weighted by Crippen LogP contribution is -2.68. The lowest BCUT2D eigenvalue weighted by atomic mass is 9.73. The van der Waals surface area contributed by atoms with Crippen molar-refractivity contribution in [3.05, 3.63) is 0 Å². The standard InChI is InChI=1S/C18H30N2O7S/c1-8(2)12(22)18(13(23)9(3)14(24)20-18)16(27)17(5,6)28-7-11(15(25)26)19-10(4)21/h8-9,11-13,22-23H,7H2,1-6H3,(H,19,21)(H,20,24)(H,25,26)/t9-,11+,12+,13+,18-/m1/s1. The third-order valence-electron chi connectivity index (χ3n) is 4.99. The first-order valence-corrected chi connectivity index (χ1v) is 10.0. The lowest BCUT2D eigenvalue weighted by Gasteiger charge is -2.42. The van der Waals surface area contributed by atoms with Crippen molar-refractivity contribution < 1.29 is 34.5 Å². The topological polar surface area (TPSA) is 153 Å². The van der Waals surface area contributed by atoms with Crippen molar-refractivity contribution in [1.29, 1.82) is 0 Å². The van der Waals surface area contributed by atoms with Crippen LogP contribution in [0.3, 0.4) is 0 Å². The molecule has 5 N–H and O–H groups in total. The van der Waals surface area contributed by atoms with E-state index in [0.29, 0.717) is 0 Å². The second-order valence-corrected chi connectivity index (χ2v) is 9.67. The van der Waals surface area contributed by atoms with E-state index in [2.05, 4.69) is 10.6 Å². The van der Waals surface area contributed by atoms with Gasteiger partial charge in [0, 0.05) is 12.7 Å². The van der Waals surface area contributed by atoms with Crippen molar-refractivity contribution in [2.24, 2.45) is 11.8 Å². The van der Waals surface area contributed by atoms with Crippen molar-refractivity contribution in [3.63, 3.8) is 0 Å². The minimum Gasteiger partial charge on any atom is -0.480 e. The van der Waals surface area contributed by atoms with Crippen LogP contribution in [0.1, 0.15) is 41.5 Å². The summed E-state index contributed by atoms with van der Waals surface area (Å²) in [6, 6.07) is -1.21. The Morgan fingerprint density at radius 1 is 1.32 bits per heavy atom. The molecular weight excluding hydrogens is 388 g/mol. The number of Topliss-reactive ketones (excluding diaryl/α,β-unsaturated/α-hetero) is 1. The molecule has 0 aromatic heterocycles. The monoisotopic (exact) mass is 418 g/mol. The molecule has 160 valence electrons. The number of rotatable bonds is 9. The van der Waals surface area contributed by atoms with E-state index in [0.717, 1.165) is 11.8 Å². The van der Waals surface area contributed by atoms with Crippen LogP contribution in [0.4, 0.5) is 0 Å². The van der Waals surface area contributed by atoms with Crippen molar-refractivity contribution in [2.45, 2.75) is 70.1 Å². The Morgan fingerprint density at radius 3 is 2.21 bits per heavy atom. The van der Waals surface area contributed by atoms with Crippen molar-refractivity contribution in [3.8, 4) is 0 Å². The number of hydrogen-bond acceptors (Lipinski definition) is 7. The Balaban J connectivity index is 3.19. The molecule has 1 aliphatic heterocycles. The Labute approximate surface area is 168 Å². The van der Waals surface area contributed by atoms with E-state index in [4.69, 9.17) is 0 Å². The summed E-state index contributed by atoms with van der Waals surface area (Å²) in [5.74, 6) is -4.34. The van der Waals surface area contributed by atoms with Gasteiger partial charge in [0.1, 0.15) is 6.04 Å². The second-order valence-electron chi connectivity index (χ2n) is 8.02. The number of thioether (sulfide) groups is 1. The number of nitrogens with one attached hydrogen (secondary N) is 2. The summed E-state index contributed by atoms with van der Waals surface area (Å²) in [4.78, 5) is 48.1. The molecule has 2 amide bonds. The highest BCUT2D eigenvalue weighted by atomic mass is 32.2. The zero-order valence-electron chi connectivity index (χ0n) is 17.0. The van der Waals surface area contributed by atoms with E-state index in [9.17, 15) is 34.5 Å². The van der Waals surface area contributed by atoms with Crippen LogP contribution in [-0.4, -0.2) is 73.2 Å². The maximum absolute atomic E-state index is 13.5. The number of carbonyl (C=O) groups excluding carboxylic acids is 3. The normalized spacial score (nSPS) is 27.2. The summed E-state index contributed by atoms with van der Waals surface area (Å²) in [6.45, 7) is 9.06. The fraction of sp³-hybridized carbons (Fsp3) is 0.778. The zero-order valence-corrected chi connectivity index (χ0v) is 17.8. The van der Waals surface area contributed by atoms with Crippen LogP contribution in [0.5, 0.6) is 0 Å². The number of aliphatic carboxylic acids is 1. The molecule has 1 fully saturated rings. The molecule has 1 rings (SSSR count). The van der Waals surface area contributed by atoms with Crippen LogP contribution in [-0.2, 0) is 19.2 Å². The molecule has 0 bridgehead atoms. The van der Waals surface area contributed by atoms with Crippen LogP contribution >= 0.6 is 11.8 Å². The van der Waals surface area contributed by atoms with Crippen LogP contribution in [0.15, 0.2) is 0 Å². The summed E-state index contributed by atoms with van der Waals surface area (Å²) in [5, 5.41) is 35.5. The van der Waals surface area contributed by atoms with Gasteiger partial charge in [0.15, 0.2) is 11.3 Å². The van der Waals surface area contributed by atoms with Crippen LogP contribution in [0.2, 0.25) is 0 Å². The maximum Gasteiger partial charge on any atom is 0.327 e. The second kappa shape index (κ2) is 8.79. The van der Waals surface area contributed by atoms with Crippen LogP contribution in [0, 0.1) is 11.8 Å². The van der Waals surface area contributed by atoms with Crippen molar-refractivity contribution in [2.75, 3.05) is 5.75 Å². The molecule has 0 radical (unpaired) electrons. The van der Waals surface area contributed by atoms with Gasteiger partial charge >= 0.3 is 5.97 Å². The van der Waals surface area contributed by atoms with E-state index < -0.39 is 63.9 Å². The number of carboxylic acid groups (broad SMARTS) is 1. The van der Waals surface area contributed by atoms with Gasteiger partial charge < -0.3 is 26.0 Å². The Kier molecular flexibility index (Phi) is 7.66. The largest absolute Gasteiger partial charge is 0.480 e. The van der Waals surface area contributed by atoms with Gasteiger partial charge in [0.2, 0.25) is 11.8 Å². The first-order valence-electron chi connectivity index (χ1n) is 9.05. The quantitative estimate of drug-likeness (QED) is 0.337. The van der Waals surface area contributed by atoms with Crippen LogP contribution in [0.25, 0.3) is 0 Å². The molecule has 10 heteroatoms. The van der Waals surface area contributed by atoms with Crippen molar-refractivity contribution in [1.82, 2.24) is 10.6 Å². The third-order valence-corrected chi connectivity index (χ3v) is 6.40. The molecule has 0 aromatic rings. The predicted octanol–water partition coefficient (Wildman–Crippen LogP) is -0.461. The molecule has 9 nitrogen and oxygen atoms in total. The highest BCUT2D eigenvalue weighted by Crippen LogP contribution is 2.40. The van der Waals surface area contributed by atoms with E-state index >= 15 is 0 Å². The fourth-order valence-electron chi connectivity index (χ4n) is 3.30. The van der Waals surface area contributed by atoms with Gasteiger partial charge in [-0.3, -0.25) is 14.4 Å². The highest BCUT2D eigenvalue weighted by molar-refractivity contribution is 8.01. The number of aliphatic hydroxyl groups is 2. The summed E-state index contributed by atoms with van der Waals surface area (Å²) < 4.78 is -1.26. The van der Waals surface area contributed by atoms with Gasteiger partial charge in [-0.25, -0.2) is 4.79 Å². The molecule has 0 saturated carbocycles. The Hall–Kier alpha value is -1.65. The molecule has 0 aromatic carbocycles. The molecule has 5 atom stereocenters. The molecule has 28 heavy (non-hydrogen) atoms. The molecule has 1 saturated heterocycles. The van der Waals surface area contributed by atoms with Gasteiger partial charge in [0.25, 0.3) is 0 Å². The minimum atomic E-state index is -1.89. The summed E-state index contributed by atoms with van der Waals surface area (Å²) >= 11 is 0.966. The van der Waals surface area contributed by atoms with E-state index in [-0.39, 0.29) is 5.75 Å². The maximum atomic E-state index is 13.5. The predicted molar refractivity (Wildman–Crippen MR) is 104 cm³/mol. The number of hydrogen-bond donors (Lipinski definition) is 5. The molecule has 1 heterocycles. The third kappa shape index (κ3) is 4.66. The van der Waals surface area contributed by atoms with Crippen molar-refractivity contribution >= 4 is 35.3 Å². The van der Waals surface area contributed by atoms with E-state index in [1.807, 2.05) is 0 Å². The number of carbonyl (C=O) groups is 4. The van der Waals surface area contributed by atoms with Gasteiger partial charge in [-0.2, -0.15) is 0 Å². The first-order chi connectivity index (χ1) is 12.7. The average Bonchev–Trinajstić information content (AvgIpc) is 2.81. The Bertz CT molecular complexity index is 652. The van der Waals surface area contributed by atoms with E-state index in [1.54, 1.807) is 13.8 Å². The molecular formula is C18H30N2O7S. The SMILES string of the molecule is CC(=O)N[C@@H](CSC(C)(C)C(=O)[C@]1([C@@H](O)C(C)C)NC(=O)[C@H](C)[C@@H]1O)C(=O)O. The molecule has 0 spiro atoms.